The fraction of sp³-hybridized carbons (Fsp3) is 0.385. The highest BCUT2D eigenvalue weighted by atomic mass is 16.5. The molecule has 1 aliphatic rings. The maximum absolute atomic E-state index is 13.6. The molecular formula is C26H29NO5. The Morgan fingerprint density at radius 3 is 2.59 bits per heavy atom. The standard InChI is InChI=1S/C26H29NO5/c1-5-6-11-31-19-9-7-8-18(15-19)23-22-24(28)20-13-16(2)17(3)14-21(20)32-25(22)26(29)27(23)10-12-30-4/h7-9,13-15,23H,5-6,10-12H2,1-4H3. The number of nitrogens with zero attached hydrogens (tertiary/aromatic N) is 1. The third kappa shape index (κ3) is 3.91. The van der Waals surface area contributed by atoms with Crippen LogP contribution in [0.2, 0.25) is 0 Å². The van der Waals surface area contributed by atoms with Gasteiger partial charge in [0.1, 0.15) is 11.3 Å². The Labute approximate surface area is 187 Å². The molecule has 2 heterocycles. The van der Waals surface area contributed by atoms with Gasteiger partial charge >= 0.3 is 0 Å². The molecule has 1 aromatic heterocycles. The number of methoxy groups -OCH3 is 1. The monoisotopic (exact) mass is 435 g/mol. The first-order valence-corrected chi connectivity index (χ1v) is 11.1. The summed E-state index contributed by atoms with van der Waals surface area (Å²) in [7, 11) is 1.59. The zero-order valence-electron chi connectivity index (χ0n) is 19.1. The van der Waals surface area contributed by atoms with Gasteiger partial charge in [0, 0.05) is 13.7 Å². The van der Waals surface area contributed by atoms with Gasteiger partial charge in [0.2, 0.25) is 5.76 Å². The van der Waals surface area contributed by atoms with E-state index in [0.717, 1.165) is 35.3 Å². The Balaban J connectivity index is 1.87. The lowest BCUT2D eigenvalue weighted by molar-refractivity contribution is 0.0663. The molecule has 0 saturated heterocycles. The zero-order valence-corrected chi connectivity index (χ0v) is 19.1. The molecule has 1 aliphatic heterocycles. The van der Waals surface area contributed by atoms with E-state index in [0.29, 0.717) is 36.3 Å². The van der Waals surface area contributed by atoms with Crippen molar-refractivity contribution in [3.8, 4) is 5.75 Å². The van der Waals surface area contributed by atoms with Crippen LogP contribution in [0, 0.1) is 13.8 Å². The summed E-state index contributed by atoms with van der Waals surface area (Å²) >= 11 is 0. The van der Waals surface area contributed by atoms with Crippen molar-refractivity contribution in [2.75, 3.05) is 26.9 Å². The number of aryl methyl sites for hydroxylation is 2. The predicted molar refractivity (Wildman–Crippen MR) is 124 cm³/mol. The highest BCUT2D eigenvalue weighted by Crippen LogP contribution is 2.39. The van der Waals surface area contributed by atoms with Gasteiger partial charge in [-0.25, -0.2) is 0 Å². The second-order valence-corrected chi connectivity index (χ2v) is 8.27. The van der Waals surface area contributed by atoms with Gasteiger partial charge in [-0.1, -0.05) is 25.5 Å². The van der Waals surface area contributed by atoms with Crippen molar-refractivity contribution < 1.29 is 18.7 Å². The average Bonchev–Trinajstić information content (AvgIpc) is 3.06. The summed E-state index contributed by atoms with van der Waals surface area (Å²) in [6.45, 7) is 7.36. The highest BCUT2D eigenvalue weighted by molar-refractivity contribution is 5.99. The van der Waals surface area contributed by atoms with E-state index in [9.17, 15) is 9.59 Å². The number of amides is 1. The van der Waals surface area contributed by atoms with Crippen LogP contribution in [-0.4, -0.2) is 37.7 Å². The van der Waals surface area contributed by atoms with Crippen molar-refractivity contribution in [2.45, 2.75) is 39.7 Å². The van der Waals surface area contributed by atoms with E-state index >= 15 is 0 Å². The first-order chi connectivity index (χ1) is 15.5. The molecule has 6 heteroatoms. The molecule has 2 aromatic carbocycles. The number of hydrogen-bond acceptors (Lipinski definition) is 5. The fourth-order valence-electron chi connectivity index (χ4n) is 4.15. The van der Waals surface area contributed by atoms with Gasteiger partial charge in [-0.2, -0.15) is 0 Å². The van der Waals surface area contributed by atoms with Crippen LogP contribution in [0.3, 0.4) is 0 Å². The number of unbranched alkanes of at least 4 members (excludes halogenated alkanes) is 1. The molecule has 0 radical (unpaired) electrons. The van der Waals surface area contributed by atoms with E-state index < -0.39 is 6.04 Å². The number of hydrogen-bond donors (Lipinski definition) is 0. The summed E-state index contributed by atoms with van der Waals surface area (Å²) in [5.74, 6) is 0.543. The summed E-state index contributed by atoms with van der Waals surface area (Å²) in [6.07, 6.45) is 2.01. The molecule has 4 rings (SSSR count). The third-order valence-corrected chi connectivity index (χ3v) is 6.06. The van der Waals surface area contributed by atoms with Crippen LogP contribution >= 0.6 is 0 Å². The Morgan fingerprint density at radius 2 is 1.84 bits per heavy atom. The molecule has 0 N–H and O–H groups in total. The lowest BCUT2D eigenvalue weighted by Gasteiger charge is -2.25. The van der Waals surface area contributed by atoms with Crippen LogP contribution in [0.4, 0.5) is 0 Å². The number of fused-ring (bicyclic) bond motifs is 2. The van der Waals surface area contributed by atoms with Gasteiger partial charge in [0.05, 0.1) is 30.2 Å². The van der Waals surface area contributed by atoms with E-state index in [1.54, 1.807) is 12.0 Å². The van der Waals surface area contributed by atoms with E-state index in [1.807, 2.05) is 50.2 Å². The Bertz CT molecular complexity index is 1210. The van der Waals surface area contributed by atoms with Gasteiger partial charge in [0.15, 0.2) is 5.43 Å². The number of carbonyl (C=O) groups excluding carboxylic acids is 1. The predicted octanol–water partition coefficient (Wildman–Crippen LogP) is 4.78. The first kappa shape index (κ1) is 22.1. The smallest absolute Gasteiger partial charge is 0.290 e. The first-order valence-electron chi connectivity index (χ1n) is 11.1. The van der Waals surface area contributed by atoms with Crippen LogP contribution < -0.4 is 10.2 Å². The van der Waals surface area contributed by atoms with Gasteiger partial charge in [-0.3, -0.25) is 9.59 Å². The SMILES string of the molecule is CCCCOc1cccc(C2c3c(oc4cc(C)c(C)cc4c3=O)C(=O)N2CCOC)c1. The molecule has 0 bridgehead atoms. The fourth-order valence-corrected chi connectivity index (χ4v) is 4.15. The molecule has 0 fully saturated rings. The lowest BCUT2D eigenvalue weighted by atomic mass is 9.97. The van der Waals surface area contributed by atoms with Gasteiger partial charge in [0.25, 0.3) is 5.91 Å². The maximum atomic E-state index is 13.6. The van der Waals surface area contributed by atoms with Crippen molar-refractivity contribution in [1.29, 1.82) is 0 Å². The molecule has 168 valence electrons. The summed E-state index contributed by atoms with van der Waals surface area (Å²) in [5.41, 5.74) is 3.49. The van der Waals surface area contributed by atoms with Crippen molar-refractivity contribution >= 4 is 16.9 Å². The normalized spacial score (nSPS) is 15.4. The summed E-state index contributed by atoms with van der Waals surface area (Å²) in [6, 6.07) is 10.7. The molecule has 6 nitrogen and oxygen atoms in total. The minimum Gasteiger partial charge on any atom is -0.494 e. The van der Waals surface area contributed by atoms with E-state index in [1.165, 1.54) is 0 Å². The zero-order chi connectivity index (χ0) is 22.8. The van der Waals surface area contributed by atoms with E-state index in [-0.39, 0.29) is 17.1 Å². The van der Waals surface area contributed by atoms with Crippen molar-refractivity contribution in [3.63, 3.8) is 0 Å². The van der Waals surface area contributed by atoms with Gasteiger partial charge in [-0.05, 0) is 61.2 Å². The Kier molecular flexibility index (Phi) is 6.33. The molecule has 1 unspecified atom stereocenters. The minimum absolute atomic E-state index is 0.115. The van der Waals surface area contributed by atoms with E-state index in [4.69, 9.17) is 13.9 Å². The van der Waals surface area contributed by atoms with Crippen LogP contribution in [-0.2, 0) is 4.74 Å². The largest absolute Gasteiger partial charge is 0.494 e. The van der Waals surface area contributed by atoms with E-state index in [2.05, 4.69) is 6.92 Å². The quantitative estimate of drug-likeness (QED) is 0.476. The molecular weight excluding hydrogens is 406 g/mol. The Hall–Kier alpha value is -3.12. The summed E-state index contributed by atoms with van der Waals surface area (Å²) < 4.78 is 17.2. The lowest BCUT2D eigenvalue weighted by Crippen LogP contribution is -2.32. The second kappa shape index (κ2) is 9.17. The van der Waals surface area contributed by atoms with Crippen molar-refractivity contribution in [2.24, 2.45) is 0 Å². The Morgan fingerprint density at radius 1 is 1.06 bits per heavy atom. The van der Waals surface area contributed by atoms with Crippen LogP contribution in [0.15, 0.2) is 45.6 Å². The molecule has 0 aliphatic carbocycles. The topological polar surface area (TPSA) is 69.0 Å². The molecule has 0 saturated carbocycles. The molecule has 3 aromatic rings. The summed E-state index contributed by atoms with van der Waals surface area (Å²) in [4.78, 5) is 28.6. The number of carbonyl (C=O) groups is 1. The number of rotatable bonds is 8. The van der Waals surface area contributed by atoms with Crippen LogP contribution in [0.1, 0.15) is 58.6 Å². The van der Waals surface area contributed by atoms with Crippen molar-refractivity contribution in [1.82, 2.24) is 4.90 Å². The summed E-state index contributed by atoms with van der Waals surface area (Å²) in [5, 5.41) is 0.494. The van der Waals surface area contributed by atoms with Gasteiger partial charge in [-0.15, -0.1) is 0 Å². The molecule has 1 atom stereocenters. The molecule has 1 amide bonds. The molecule has 0 spiro atoms. The van der Waals surface area contributed by atoms with Gasteiger partial charge < -0.3 is 18.8 Å². The molecule has 32 heavy (non-hydrogen) atoms. The number of benzene rings is 2. The highest BCUT2D eigenvalue weighted by Gasteiger charge is 2.42. The second-order valence-electron chi connectivity index (χ2n) is 8.27. The number of ether oxygens (including phenoxy) is 2. The van der Waals surface area contributed by atoms with Crippen LogP contribution in [0.5, 0.6) is 5.75 Å². The third-order valence-electron chi connectivity index (χ3n) is 6.06. The average molecular weight is 436 g/mol. The van der Waals surface area contributed by atoms with Crippen LogP contribution in [0.25, 0.3) is 11.0 Å². The maximum Gasteiger partial charge on any atom is 0.290 e. The van der Waals surface area contributed by atoms with Crippen molar-refractivity contribution in [3.05, 3.63) is 74.6 Å². The minimum atomic E-state index is -0.551.